The van der Waals surface area contributed by atoms with Gasteiger partial charge in [0, 0.05) is 13.1 Å². The quantitative estimate of drug-likeness (QED) is 0.548. The highest BCUT2D eigenvalue weighted by molar-refractivity contribution is 5.95. The van der Waals surface area contributed by atoms with E-state index in [9.17, 15) is 14.4 Å². The maximum Gasteiger partial charge on any atom is 0.338 e. The van der Waals surface area contributed by atoms with Crippen molar-refractivity contribution >= 4 is 17.8 Å². The van der Waals surface area contributed by atoms with Crippen LogP contribution in [-0.4, -0.2) is 60.6 Å². The number of nitrogens with one attached hydrogen (secondary N) is 1. The van der Waals surface area contributed by atoms with Gasteiger partial charge in [0.2, 0.25) is 5.91 Å². The summed E-state index contributed by atoms with van der Waals surface area (Å²) < 4.78 is 9.95. The zero-order chi connectivity index (χ0) is 17.7. The average Bonchev–Trinajstić information content (AvgIpc) is 3.35. The molecule has 136 valence electrons. The van der Waals surface area contributed by atoms with Crippen LogP contribution >= 0.6 is 0 Å². The minimum absolute atomic E-state index is 0.0370. The molecule has 0 unspecified atom stereocenters. The zero-order valence-corrected chi connectivity index (χ0v) is 14.7. The Morgan fingerprint density at radius 3 is 2.42 bits per heavy atom. The van der Waals surface area contributed by atoms with Crippen molar-refractivity contribution in [2.75, 3.05) is 19.7 Å². The predicted molar refractivity (Wildman–Crippen MR) is 87.1 cm³/mol. The van der Waals surface area contributed by atoms with Gasteiger partial charge in [-0.1, -0.05) is 13.8 Å². The van der Waals surface area contributed by atoms with Gasteiger partial charge < -0.3 is 19.7 Å². The number of piperidine rings is 1. The molecule has 7 nitrogen and oxygen atoms in total. The van der Waals surface area contributed by atoms with Crippen molar-refractivity contribution in [3.05, 3.63) is 0 Å². The number of ether oxygens (including phenoxy) is 2. The minimum atomic E-state index is -0.840. The molecule has 0 bridgehead atoms. The fourth-order valence-corrected chi connectivity index (χ4v) is 3.00. The summed E-state index contributed by atoms with van der Waals surface area (Å²) in [6, 6.07) is -0.567. The number of epoxide rings is 1. The molecular formula is C17H28N2O5. The van der Waals surface area contributed by atoms with Crippen LogP contribution in [0.15, 0.2) is 0 Å². The van der Waals surface area contributed by atoms with Crippen LogP contribution in [0.25, 0.3) is 0 Å². The molecule has 2 amide bonds. The van der Waals surface area contributed by atoms with Gasteiger partial charge in [-0.25, -0.2) is 4.79 Å². The van der Waals surface area contributed by atoms with Crippen LogP contribution in [0.1, 0.15) is 46.5 Å². The number of hydrogen-bond acceptors (Lipinski definition) is 5. The highest BCUT2D eigenvalue weighted by atomic mass is 16.6. The summed E-state index contributed by atoms with van der Waals surface area (Å²) in [5.41, 5.74) is 0. The maximum absolute atomic E-state index is 12.7. The van der Waals surface area contributed by atoms with Gasteiger partial charge in [-0.15, -0.1) is 0 Å². The molecule has 2 rings (SSSR count). The Balaban J connectivity index is 1.92. The molecule has 24 heavy (non-hydrogen) atoms. The van der Waals surface area contributed by atoms with Gasteiger partial charge in [0.1, 0.15) is 6.04 Å². The Labute approximate surface area is 143 Å². The van der Waals surface area contributed by atoms with E-state index < -0.39 is 30.1 Å². The Kier molecular flexibility index (Phi) is 6.60. The van der Waals surface area contributed by atoms with Gasteiger partial charge in [0.05, 0.1) is 6.61 Å². The summed E-state index contributed by atoms with van der Waals surface area (Å²) in [6.07, 6.45) is 2.04. The third-order valence-electron chi connectivity index (χ3n) is 4.26. The number of carbonyl (C=O) groups excluding carboxylic acids is 3. The molecule has 0 aromatic heterocycles. The zero-order valence-electron chi connectivity index (χ0n) is 14.7. The van der Waals surface area contributed by atoms with Crippen molar-refractivity contribution in [2.45, 2.75) is 64.7 Å². The second-order valence-corrected chi connectivity index (χ2v) is 6.81. The third kappa shape index (κ3) is 4.93. The molecule has 2 saturated heterocycles. The van der Waals surface area contributed by atoms with Crippen LogP contribution in [0.4, 0.5) is 0 Å². The van der Waals surface area contributed by atoms with Gasteiger partial charge in [0.15, 0.2) is 12.2 Å². The predicted octanol–water partition coefficient (Wildman–Crippen LogP) is 0.860. The summed E-state index contributed by atoms with van der Waals surface area (Å²) in [6.45, 7) is 7.46. The number of carbonyl (C=O) groups is 3. The molecule has 2 fully saturated rings. The average molecular weight is 340 g/mol. The fourth-order valence-electron chi connectivity index (χ4n) is 3.00. The number of hydrogen-bond donors (Lipinski definition) is 1. The standard InChI is InChI=1S/C17H28N2O5/c1-4-23-17(22)14-13(24-14)15(20)18-12(10-11(2)3)16(21)19-8-6-5-7-9-19/h11-14H,4-10H2,1-3H3,(H,18,20)/t12-,13-,14-/m0/s1. The fraction of sp³-hybridized carbons (Fsp3) is 0.824. The lowest BCUT2D eigenvalue weighted by Gasteiger charge is -2.31. The normalized spacial score (nSPS) is 24.4. The number of rotatable bonds is 7. The first kappa shape index (κ1) is 18.7. The molecule has 0 aliphatic carbocycles. The summed E-state index contributed by atoms with van der Waals surface area (Å²) in [5, 5.41) is 2.77. The van der Waals surface area contributed by atoms with E-state index in [1.807, 2.05) is 18.7 Å². The molecule has 3 atom stereocenters. The van der Waals surface area contributed by atoms with Crippen molar-refractivity contribution < 1.29 is 23.9 Å². The van der Waals surface area contributed by atoms with E-state index in [4.69, 9.17) is 9.47 Å². The highest BCUT2D eigenvalue weighted by Gasteiger charge is 2.52. The van der Waals surface area contributed by atoms with Crippen LogP contribution in [0, 0.1) is 5.92 Å². The van der Waals surface area contributed by atoms with Gasteiger partial charge in [0.25, 0.3) is 5.91 Å². The molecule has 0 saturated carbocycles. The molecule has 2 aliphatic heterocycles. The summed E-state index contributed by atoms with van der Waals surface area (Å²) >= 11 is 0. The van der Waals surface area contributed by atoms with E-state index in [2.05, 4.69) is 5.32 Å². The number of esters is 1. The van der Waals surface area contributed by atoms with Crippen molar-refractivity contribution in [1.82, 2.24) is 10.2 Å². The van der Waals surface area contributed by atoms with Gasteiger partial charge in [-0.2, -0.15) is 0 Å². The Morgan fingerprint density at radius 2 is 1.83 bits per heavy atom. The number of likely N-dealkylation sites (tertiary alicyclic amines) is 1. The van der Waals surface area contributed by atoms with Crippen LogP contribution in [-0.2, 0) is 23.9 Å². The number of nitrogens with zero attached hydrogens (tertiary/aromatic N) is 1. The Morgan fingerprint density at radius 1 is 1.17 bits per heavy atom. The van der Waals surface area contributed by atoms with Crippen LogP contribution < -0.4 is 5.32 Å². The van der Waals surface area contributed by atoms with Gasteiger partial charge in [-0.3, -0.25) is 9.59 Å². The molecule has 2 aliphatic rings. The van der Waals surface area contributed by atoms with E-state index in [1.165, 1.54) is 0 Å². The molecule has 0 aromatic rings. The van der Waals surface area contributed by atoms with E-state index in [0.29, 0.717) is 6.42 Å². The Bertz CT molecular complexity index is 474. The van der Waals surface area contributed by atoms with E-state index in [1.54, 1.807) is 6.92 Å². The molecular weight excluding hydrogens is 312 g/mol. The highest BCUT2D eigenvalue weighted by Crippen LogP contribution is 2.24. The molecule has 0 aromatic carbocycles. The summed E-state index contributed by atoms with van der Waals surface area (Å²) in [7, 11) is 0. The number of amides is 2. The van der Waals surface area contributed by atoms with Crippen LogP contribution in [0.3, 0.4) is 0 Å². The van der Waals surface area contributed by atoms with E-state index >= 15 is 0 Å². The van der Waals surface area contributed by atoms with Crippen molar-refractivity contribution in [3.63, 3.8) is 0 Å². The van der Waals surface area contributed by atoms with E-state index in [0.717, 1.165) is 32.4 Å². The lowest BCUT2D eigenvalue weighted by atomic mass is 10.0. The first-order valence-corrected chi connectivity index (χ1v) is 8.85. The second-order valence-electron chi connectivity index (χ2n) is 6.81. The Hall–Kier alpha value is -1.63. The second kappa shape index (κ2) is 8.46. The third-order valence-corrected chi connectivity index (χ3v) is 4.26. The van der Waals surface area contributed by atoms with Crippen molar-refractivity contribution in [3.8, 4) is 0 Å². The lowest BCUT2D eigenvalue weighted by molar-refractivity contribution is -0.144. The summed E-state index contributed by atoms with van der Waals surface area (Å²) in [5.74, 6) is -0.709. The monoisotopic (exact) mass is 340 g/mol. The SMILES string of the molecule is CCOC(=O)[C@H]1O[C@@H]1C(=O)N[C@@H](CC(C)C)C(=O)N1CCCCC1. The minimum Gasteiger partial charge on any atom is -0.464 e. The van der Waals surface area contributed by atoms with Gasteiger partial charge >= 0.3 is 5.97 Å². The maximum atomic E-state index is 12.7. The summed E-state index contributed by atoms with van der Waals surface area (Å²) in [4.78, 5) is 38.4. The first-order chi connectivity index (χ1) is 11.4. The molecule has 7 heteroatoms. The first-order valence-electron chi connectivity index (χ1n) is 8.85. The van der Waals surface area contributed by atoms with Gasteiger partial charge in [-0.05, 0) is 38.5 Å². The van der Waals surface area contributed by atoms with Crippen LogP contribution in [0.5, 0.6) is 0 Å². The smallest absolute Gasteiger partial charge is 0.338 e. The molecule has 0 radical (unpaired) electrons. The molecule has 2 heterocycles. The van der Waals surface area contributed by atoms with Crippen molar-refractivity contribution in [1.29, 1.82) is 0 Å². The molecule has 0 spiro atoms. The van der Waals surface area contributed by atoms with E-state index in [-0.39, 0.29) is 18.4 Å². The van der Waals surface area contributed by atoms with Crippen molar-refractivity contribution in [2.24, 2.45) is 5.92 Å². The van der Waals surface area contributed by atoms with Crippen LogP contribution in [0.2, 0.25) is 0 Å². The largest absolute Gasteiger partial charge is 0.464 e. The molecule has 1 N–H and O–H groups in total. The lowest BCUT2D eigenvalue weighted by Crippen LogP contribution is -2.51. The topological polar surface area (TPSA) is 88.2 Å².